The van der Waals surface area contributed by atoms with Gasteiger partial charge < -0.3 is 25.2 Å². The Morgan fingerprint density at radius 3 is 2.38 bits per heavy atom. The highest BCUT2D eigenvalue weighted by Gasteiger charge is 2.39. The maximum atomic E-state index is 13.8. The maximum absolute atomic E-state index is 13.8. The molecule has 0 fully saturated rings. The molecule has 3 aromatic carbocycles. The number of carboxylic acids is 1. The molecule has 0 saturated heterocycles. The maximum Gasteiger partial charge on any atom is 0.326 e. The number of carbonyl (C=O) groups is 5. The van der Waals surface area contributed by atoms with Crippen LogP contribution < -0.4 is 20.3 Å². The van der Waals surface area contributed by atoms with Crippen LogP contribution in [-0.4, -0.2) is 65.1 Å². The van der Waals surface area contributed by atoms with Gasteiger partial charge in [0.2, 0.25) is 5.91 Å². The van der Waals surface area contributed by atoms with Gasteiger partial charge in [-0.05, 0) is 62.7 Å². The van der Waals surface area contributed by atoms with Crippen molar-refractivity contribution >= 4 is 46.1 Å². The van der Waals surface area contributed by atoms with Crippen LogP contribution in [0.5, 0.6) is 5.75 Å². The van der Waals surface area contributed by atoms with Gasteiger partial charge in [0, 0.05) is 5.56 Å². The summed E-state index contributed by atoms with van der Waals surface area (Å²) in [6.07, 6.45) is -0.608. The summed E-state index contributed by atoms with van der Waals surface area (Å²) in [7, 11) is 0. The van der Waals surface area contributed by atoms with Gasteiger partial charge in [-0.1, -0.05) is 42.5 Å². The molecule has 11 heteroatoms. The molecule has 0 bridgehead atoms. The molecule has 3 amide bonds. The number of hydrogen-bond acceptors (Lipinski definition) is 7. The van der Waals surface area contributed by atoms with Crippen LogP contribution in [-0.2, 0) is 23.9 Å². The highest BCUT2D eigenvalue weighted by atomic mass is 16.6. The lowest BCUT2D eigenvalue weighted by atomic mass is 10.1. The van der Waals surface area contributed by atoms with Gasteiger partial charge >= 0.3 is 11.9 Å². The van der Waals surface area contributed by atoms with Gasteiger partial charge in [0.15, 0.2) is 0 Å². The first-order valence-electron chi connectivity index (χ1n) is 13.4. The van der Waals surface area contributed by atoms with E-state index in [4.69, 9.17) is 9.47 Å². The van der Waals surface area contributed by atoms with E-state index in [1.807, 2.05) is 24.3 Å². The monoisotopic (exact) mass is 575 g/mol. The molecule has 3 aromatic rings. The number of nitrogens with zero attached hydrogens (tertiary/aromatic N) is 1. The first-order valence-corrected chi connectivity index (χ1v) is 13.4. The van der Waals surface area contributed by atoms with E-state index in [1.54, 1.807) is 63.2 Å². The average Bonchev–Trinajstić information content (AvgIpc) is 3.07. The largest absolute Gasteiger partial charge is 0.489 e. The quantitative estimate of drug-likeness (QED) is 0.347. The zero-order valence-corrected chi connectivity index (χ0v) is 23.7. The van der Waals surface area contributed by atoms with Crippen LogP contribution in [0.3, 0.4) is 0 Å². The van der Waals surface area contributed by atoms with Crippen molar-refractivity contribution in [3.8, 4) is 5.75 Å². The van der Waals surface area contributed by atoms with Crippen LogP contribution in [0.4, 0.5) is 5.69 Å². The summed E-state index contributed by atoms with van der Waals surface area (Å²) in [5.41, 5.74) is -0.231. The third-order valence-electron chi connectivity index (χ3n) is 6.55. The van der Waals surface area contributed by atoms with Gasteiger partial charge in [-0.25, -0.2) is 4.79 Å². The Bertz CT molecular complexity index is 1530. The fourth-order valence-corrected chi connectivity index (χ4v) is 4.54. The van der Waals surface area contributed by atoms with Crippen molar-refractivity contribution < 1.29 is 38.6 Å². The first-order chi connectivity index (χ1) is 19.8. The summed E-state index contributed by atoms with van der Waals surface area (Å²) < 4.78 is 11.0. The fourth-order valence-electron chi connectivity index (χ4n) is 4.54. The summed E-state index contributed by atoms with van der Waals surface area (Å²) in [5.74, 6) is -3.89. The number of aliphatic carboxylic acids is 1. The number of nitrogens with one attached hydrogen (secondary N) is 2. The van der Waals surface area contributed by atoms with Crippen molar-refractivity contribution in [2.24, 2.45) is 0 Å². The van der Waals surface area contributed by atoms with Crippen molar-refractivity contribution in [3.63, 3.8) is 0 Å². The van der Waals surface area contributed by atoms with Crippen molar-refractivity contribution in [3.05, 3.63) is 72.3 Å². The van der Waals surface area contributed by atoms with E-state index in [1.165, 1.54) is 6.92 Å². The number of amides is 3. The Labute approximate surface area is 242 Å². The summed E-state index contributed by atoms with van der Waals surface area (Å²) in [4.78, 5) is 65.7. The number of hydrogen-bond donors (Lipinski definition) is 3. The average molecular weight is 576 g/mol. The zero-order valence-electron chi connectivity index (χ0n) is 23.7. The minimum absolute atomic E-state index is 0.198. The topological polar surface area (TPSA) is 151 Å². The van der Waals surface area contributed by atoms with Crippen LogP contribution in [0.1, 0.15) is 44.5 Å². The number of fused-ring (bicyclic) bond motifs is 2. The lowest BCUT2D eigenvalue weighted by Crippen LogP contribution is -2.57. The second kappa shape index (κ2) is 12.3. The van der Waals surface area contributed by atoms with Crippen molar-refractivity contribution in [1.29, 1.82) is 0 Å². The lowest BCUT2D eigenvalue weighted by Gasteiger charge is -2.30. The predicted molar refractivity (Wildman–Crippen MR) is 154 cm³/mol. The molecular formula is C31H33N3O8. The highest BCUT2D eigenvalue weighted by Crippen LogP contribution is 2.33. The molecule has 11 nitrogen and oxygen atoms in total. The van der Waals surface area contributed by atoms with Gasteiger partial charge in [0.25, 0.3) is 11.8 Å². The van der Waals surface area contributed by atoms with E-state index in [-0.39, 0.29) is 12.3 Å². The normalized spacial score (nSPS) is 16.3. The molecule has 1 heterocycles. The molecule has 1 aliphatic rings. The second-order valence-corrected chi connectivity index (χ2v) is 10.9. The molecule has 0 aromatic heterocycles. The van der Waals surface area contributed by atoms with Crippen LogP contribution in [0.15, 0.2) is 66.7 Å². The van der Waals surface area contributed by atoms with Gasteiger partial charge in [0.1, 0.15) is 36.1 Å². The molecule has 220 valence electrons. The van der Waals surface area contributed by atoms with E-state index in [0.717, 1.165) is 15.7 Å². The first kappa shape index (κ1) is 30.0. The van der Waals surface area contributed by atoms with Gasteiger partial charge in [-0.3, -0.25) is 24.1 Å². The van der Waals surface area contributed by atoms with E-state index in [0.29, 0.717) is 11.3 Å². The van der Waals surface area contributed by atoms with Crippen molar-refractivity contribution in [1.82, 2.24) is 10.6 Å². The van der Waals surface area contributed by atoms with Gasteiger partial charge in [-0.15, -0.1) is 0 Å². The molecule has 4 rings (SSSR count). The Morgan fingerprint density at radius 1 is 1.02 bits per heavy atom. The smallest absolute Gasteiger partial charge is 0.326 e. The molecule has 42 heavy (non-hydrogen) atoms. The van der Waals surface area contributed by atoms with Gasteiger partial charge in [-0.2, -0.15) is 0 Å². The molecule has 3 N–H and O–H groups in total. The standard InChI is InChI=1S/C31H33N3O8/c1-18(27(36)32-22(30(39)40)16-26(35)42-31(2,3)4)34-24-11-7-8-12-25(24)41-17-23(29(34)38)33-28(37)21-14-13-19-9-5-6-10-20(19)15-21/h5-15,18,22-23H,16-17H2,1-4H3,(H,32,36)(H,33,37)(H,39,40). The molecule has 0 spiro atoms. The van der Waals surface area contributed by atoms with Crippen LogP contribution in [0.25, 0.3) is 10.8 Å². The Morgan fingerprint density at radius 2 is 1.69 bits per heavy atom. The number of para-hydroxylation sites is 2. The Hall–Kier alpha value is -4.93. The molecule has 1 aliphatic heterocycles. The molecule has 0 aliphatic carbocycles. The van der Waals surface area contributed by atoms with Crippen molar-refractivity contribution in [2.45, 2.75) is 57.8 Å². The van der Waals surface area contributed by atoms with E-state index < -0.39 is 59.8 Å². The minimum atomic E-state index is -1.59. The van der Waals surface area contributed by atoms with E-state index in [2.05, 4.69) is 10.6 Å². The van der Waals surface area contributed by atoms with E-state index >= 15 is 0 Å². The van der Waals surface area contributed by atoms with Crippen LogP contribution >= 0.6 is 0 Å². The minimum Gasteiger partial charge on any atom is -0.489 e. The summed E-state index contributed by atoms with van der Waals surface area (Å²) in [5, 5.41) is 16.5. The Kier molecular flexibility index (Phi) is 8.79. The Balaban J connectivity index is 1.55. The van der Waals surface area contributed by atoms with Gasteiger partial charge in [0.05, 0.1) is 12.1 Å². The number of ether oxygens (including phenoxy) is 2. The number of carboxylic acid groups (broad SMARTS) is 1. The third-order valence-corrected chi connectivity index (χ3v) is 6.55. The molecule has 3 unspecified atom stereocenters. The van der Waals surface area contributed by atoms with E-state index in [9.17, 15) is 29.1 Å². The SMILES string of the molecule is CC(C(=O)NC(CC(=O)OC(C)(C)C)C(=O)O)N1C(=O)C(NC(=O)c2ccc3ccccc3c2)COc2ccccc21. The number of benzene rings is 3. The zero-order chi connectivity index (χ0) is 30.6. The second-order valence-electron chi connectivity index (χ2n) is 10.9. The predicted octanol–water partition coefficient (Wildman–Crippen LogP) is 3.05. The lowest BCUT2D eigenvalue weighted by molar-refractivity contribution is -0.158. The summed E-state index contributed by atoms with van der Waals surface area (Å²) in [6, 6.07) is 15.3. The number of rotatable bonds is 8. The molecule has 0 saturated carbocycles. The van der Waals surface area contributed by atoms with Crippen LogP contribution in [0, 0.1) is 0 Å². The fraction of sp³-hybridized carbons (Fsp3) is 0.323. The molecule has 3 atom stereocenters. The molecular weight excluding hydrogens is 542 g/mol. The third kappa shape index (κ3) is 7.03. The molecule has 0 radical (unpaired) electrons. The van der Waals surface area contributed by atoms with Crippen LogP contribution in [0.2, 0.25) is 0 Å². The number of esters is 1. The summed E-state index contributed by atoms with van der Waals surface area (Å²) >= 11 is 0. The number of anilines is 1. The summed E-state index contributed by atoms with van der Waals surface area (Å²) in [6.45, 7) is 6.14. The number of carbonyl (C=O) groups excluding carboxylic acids is 4. The highest BCUT2D eigenvalue weighted by molar-refractivity contribution is 6.08. The van der Waals surface area contributed by atoms with Crippen molar-refractivity contribution in [2.75, 3.05) is 11.5 Å².